The van der Waals surface area contributed by atoms with E-state index in [-0.39, 0.29) is 5.66 Å². The van der Waals surface area contributed by atoms with Crippen molar-refractivity contribution in [1.82, 2.24) is 20.0 Å². The van der Waals surface area contributed by atoms with E-state index in [1.54, 1.807) is 0 Å². The van der Waals surface area contributed by atoms with Crippen LogP contribution in [0.25, 0.3) is 0 Å². The van der Waals surface area contributed by atoms with Crippen LogP contribution in [-0.4, -0.2) is 77.3 Å². The Kier molecular flexibility index (Phi) is 4.11. The summed E-state index contributed by atoms with van der Waals surface area (Å²) in [6, 6.07) is 1.50. The summed E-state index contributed by atoms with van der Waals surface area (Å²) in [7, 11) is 0. The third kappa shape index (κ3) is 2.88. The molecule has 4 heteroatoms. The third-order valence-electron chi connectivity index (χ3n) is 6.01. The average Bonchev–Trinajstić information content (AvgIpc) is 2.69. The van der Waals surface area contributed by atoms with Gasteiger partial charge in [-0.05, 0) is 47.5 Å². The smallest absolute Gasteiger partial charge is 0.0686 e. The second kappa shape index (κ2) is 5.48. The summed E-state index contributed by atoms with van der Waals surface area (Å²) in [4.78, 5) is 8.19. The van der Waals surface area contributed by atoms with E-state index in [4.69, 9.17) is 0 Å². The van der Waals surface area contributed by atoms with Crippen molar-refractivity contribution in [3.8, 4) is 0 Å². The molecule has 2 bridgehead atoms. The minimum Gasteiger partial charge on any atom is -0.314 e. The molecule has 3 rings (SSSR count). The minimum absolute atomic E-state index is 0.206. The summed E-state index contributed by atoms with van der Waals surface area (Å²) in [5.41, 5.74) is 0.516. The molecule has 0 aromatic carbocycles. The van der Waals surface area contributed by atoms with Crippen molar-refractivity contribution in [2.45, 2.75) is 70.7 Å². The van der Waals surface area contributed by atoms with Gasteiger partial charge in [0.15, 0.2) is 0 Å². The van der Waals surface area contributed by atoms with Gasteiger partial charge in [0.2, 0.25) is 0 Å². The summed E-state index contributed by atoms with van der Waals surface area (Å²) in [5.74, 6) is 0. The van der Waals surface area contributed by atoms with Crippen molar-refractivity contribution in [3.63, 3.8) is 0 Å². The molecule has 2 unspecified atom stereocenters. The SMILES string of the molecule is CC(C)(C)N1CCN(C(C)(C)N2C3CCC2CNC3)CC1. The molecule has 0 aromatic rings. The lowest BCUT2D eigenvalue weighted by Gasteiger charge is -2.54. The first-order chi connectivity index (χ1) is 9.80. The molecule has 122 valence electrons. The van der Waals surface area contributed by atoms with Crippen molar-refractivity contribution in [3.05, 3.63) is 0 Å². The van der Waals surface area contributed by atoms with Crippen LogP contribution in [0.3, 0.4) is 0 Å². The van der Waals surface area contributed by atoms with Crippen LogP contribution in [0.5, 0.6) is 0 Å². The molecule has 3 saturated heterocycles. The van der Waals surface area contributed by atoms with Crippen LogP contribution in [0, 0.1) is 0 Å². The Hall–Kier alpha value is -0.160. The number of hydrogen-bond donors (Lipinski definition) is 1. The lowest BCUT2D eigenvalue weighted by Crippen LogP contribution is -2.68. The van der Waals surface area contributed by atoms with Gasteiger partial charge in [0.05, 0.1) is 5.66 Å². The van der Waals surface area contributed by atoms with Gasteiger partial charge in [0.1, 0.15) is 0 Å². The molecule has 0 radical (unpaired) electrons. The van der Waals surface area contributed by atoms with Crippen molar-refractivity contribution in [2.24, 2.45) is 0 Å². The molecular weight excluding hydrogens is 260 g/mol. The highest BCUT2D eigenvalue weighted by molar-refractivity contribution is 5.02. The van der Waals surface area contributed by atoms with Gasteiger partial charge in [-0.2, -0.15) is 0 Å². The summed E-state index contributed by atoms with van der Waals surface area (Å²) < 4.78 is 0. The topological polar surface area (TPSA) is 21.8 Å². The second-order valence-electron chi connectivity index (χ2n) is 8.59. The van der Waals surface area contributed by atoms with Crippen LogP contribution in [0.2, 0.25) is 0 Å². The van der Waals surface area contributed by atoms with E-state index in [0.29, 0.717) is 5.54 Å². The Bertz CT molecular complexity index is 349. The number of rotatable bonds is 2. The predicted molar refractivity (Wildman–Crippen MR) is 88.5 cm³/mol. The van der Waals surface area contributed by atoms with Crippen molar-refractivity contribution in [1.29, 1.82) is 0 Å². The first-order valence-corrected chi connectivity index (χ1v) is 8.79. The first-order valence-electron chi connectivity index (χ1n) is 8.79. The fourth-order valence-corrected chi connectivity index (χ4v) is 4.76. The molecule has 2 atom stereocenters. The van der Waals surface area contributed by atoms with E-state index in [0.717, 1.165) is 12.1 Å². The van der Waals surface area contributed by atoms with Gasteiger partial charge in [-0.15, -0.1) is 0 Å². The summed E-state index contributed by atoms with van der Waals surface area (Å²) >= 11 is 0. The molecule has 0 spiro atoms. The molecule has 3 aliphatic rings. The maximum absolute atomic E-state index is 3.61. The van der Waals surface area contributed by atoms with Gasteiger partial charge < -0.3 is 5.32 Å². The second-order valence-corrected chi connectivity index (χ2v) is 8.59. The lowest BCUT2D eigenvalue weighted by molar-refractivity contribution is -0.0950. The number of nitrogens with one attached hydrogen (secondary N) is 1. The molecule has 4 nitrogen and oxygen atoms in total. The van der Waals surface area contributed by atoms with E-state index in [2.05, 4.69) is 54.6 Å². The van der Waals surface area contributed by atoms with Gasteiger partial charge in [-0.1, -0.05) is 0 Å². The molecular formula is C17H34N4. The van der Waals surface area contributed by atoms with Crippen molar-refractivity contribution in [2.75, 3.05) is 39.3 Å². The van der Waals surface area contributed by atoms with E-state index < -0.39 is 0 Å². The zero-order valence-corrected chi connectivity index (χ0v) is 14.7. The third-order valence-corrected chi connectivity index (χ3v) is 6.01. The number of nitrogens with zero attached hydrogens (tertiary/aromatic N) is 3. The highest BCUT2D eigenvalue weighted by Gasteiger charge is 2.47. The van der Waals surface area contributed by atoms with E-state index in [1.807, 2.05) is 0 Å². The minimum atomic E-state index is 0.206. The summed E-state index contributed by atoms with van der Waals surface area (Å²) in [5, 5.41) is 3.61. The van der Waals surface area contributed by atoms with E-state index in [9.17, 15) is 0 Å². The Morgan fingerprint density at radius 2 is 1.24 bits per heavy atom. The van der Waals surface area contributed by atoms with Crippen LogP contribution < -0.4 is 5.32 Å². The summed E-state index contributed by atoms with van der Waals surface area (Å²) in [6.45, 7) is 19.1. The Morgan fingerprint density at radius 1 is 0.762 bits per heavy atom. The van der Waals surface area contributed by atoms with Crippen LogP contribution in [0.15, 0.2) is 0 Å². The lowest BCUT2D eigenvalue weighted by atomic mass is 10.0. The number of hydrogen-bond acceptors (Lipinski definition) is 4. The largest absolute Gasteiger partial charge is 0.314 e. The van der Waals surface area contributed by atoms with E-state index in [1.165, 1.54) is 52.1 Å². The van der Waals surface area contributed by atoms with Gasteiger partial charge in [0.25, 0.3) is 0 Å². The standard InChI is InChI=1S/C17H34N4/c1-16(2,3)19-8-10-20(11-9-19)17(4,5)21-14-6-7-15(21)13-18-12-14/h14-15,18H,6-13H2,1-5H3. The monoisotopic (exact) mass is 294 g/mol. The molecule has 3 aliphatic heterocycles. The van der Waals surface area contributed by atoms with Gasteiger partial charge in [0, 0.05) is 56.9 Å². The normalized spacial score (nSPS) is 33.6. The van der Waals surface area contributed by atoms with Gasteiger partial charge in [-0.25, -0.2) is 0 Å². The van der Waals surface area contributed by atoms with Crippen LogP contribution in [0.1, 0.15) is 47.5 Å². The van der Waals surface area contributed by atoms with Crippen LogP contribution >= 0.6 is 0 Å². The van der Waals surface area contributed by atoms with Crippen LogP contribution in [-0.2, 0) is 0 Å². The van der Waals surface area contributed by atoms with Gasteiger partial charge >= 0.3 is 0 Å². The molecule has 0 aromatic heterocycles. The maximum Gasteiger partial charge on any atom is 0.0686 e. The van der Waals surface area contributed by atoms with Crippen molar-refractivity contribution < 1.29 is 0 Å². The highest BCUT2D eigenvalue weighted by atomic mass is 15.5. The average molecular weight is 294 g/mol. The zero-order chi connectivity index (χ0) is 15.3. The first kappa shape index (κ1) is 15.7. The quantitative estimate of drug-likeness (QED) is 0.834. The van der Waals surface area contributed by atoms with Gasteiger partial charge in [-0.3, -0.25) is 14.7 Å². The molecule has 0 amide bonds. The zero-order valence-electron chi connectivity index (χ0n) is 14.7. The molecule has 3 fully saturated rings. The Labute approximate surface area is 130 Å². The molecule has 3 heterocycles. The fraction of sp³-hybridized carbons (Fsp3) is 1.00. The fourth-order valence-electron chi connectivity index (χ4n) is 4.76. The molecule has 0 saturated carbocycles. The molecule has 21 heavy (non-hydrogen) atoms. The molecule has 1 N–H and O–H groups in total. The molecule has 0 aliphatic carbocycles. The van der Waals surface area contributed by atoms with Crippen LogP contribution in [0.4, 0.5) is 0 Å². The number of fused-ring (bicyclic) bond motifs is 2. The maximum atomic E-state index is 3.61. The Morgan fingerprint density at radius 3 is 1.71 bits per heavy atom. The summed E-state index contributed by atoms with van der Waals surface area (Å²) in [6.07, 6.45) is 2.76. The number of piperazine rings is 2. The van der Waals surface area contributed by atoms with Crippen molar-refractivity contribution >= 4 is 0 Å². The highest BCUT2D eigenvalue weighted by Crippen LogP contribution is 2.36. The predicted octanol–water partition coefficient (Wildman–Crippen LogP) is 1.57. The van der Waals surface area contributed by atoms with E-state index >= 15 is 0 Å². The Balaban J connectivity index is 1.66.